The predicted octanol–water partition coefficient (Wildman–Crippen LogP) is 2.83. The fourth-order valence-electron chi connectivity index (χ4n) is 4.17. The largest absolute Gasteiger partial charge is 0.312 e. The van der Waals surface area contributed by atoms with Gasteiger partial charge in [0.05, 0.1) is 0 Å². The third kappa shape index (κ3) is 3.03. The highest BCUT2D eigenvalue weighted by atomic mass is 15.0. The third-order valence-corrected chi connectivity index (χ3v) is 5.25. The molecule has 0 amide bonds. The van der Waals surface area contributed by atoms with Gasteiger partial charge in [-0.3, -0.25) is 0 Å². The Balaban J connectivity index is 1.42. The van der Waals surface area contributed by atoms with Gasteiger partial charge >= 0.3 is 0 Å². The zero-order valence-electron chi connectivity index (χ0n) is 11.1. The average molecular weight is 236 g/mol. The fraction of sp³-hybridized carbons (Fsp3) is 1.00. The summed E-state index contributed by atoms with van der Waals surface area (Å²) in [6, 6.07) is 2.45. The lowest BCUT2D eigenvalue weighted by atomic mass is 9.78. The molecule has 1 heterocycles. The molecular formula is C15H28N2. The van der Waals surface area contributed by atoms with Crippen molar-refractivity contribution in [1.82, 2.24) is 10.6 Å². The Hall–Kier alpha value is -0.0800. The smallest absolute Gasteiger partial charge is 0.0195 e. The first-order valence-electron chi connectivity index (χ1n) is 7.91. The zero-order valence-corrected chi connectivity index (χ0v) is 11.1. The summed E-state index contributed by atoms with van der Waals surface area (Å²) in [4.78, 5) is 0. The number of hydrogen-bond donors (Lipinski definition) is 2. The highest BCUT2D eigenvalue weighted by molar-refractivity contribution is 4.90. The van der Waals surface area contributed by atoms with Crippen molar-refractivity contribution in [2.24, 2.45) is 5.92 Å². The molecule has 3 rings (SSSR count). The van der Waals surface area contributed by atoms with Crippen LogP contribution in [0.4, 0.5) is 0 Å². The molecule has 2 nitrogen and oxygen atoms in total. The van der Waals surface area contributed by atoms with E-state index >= 15 is 0 Å². The van der Waals surface area contributed by atoms with E-state index in [4.69, 9.17) is 0 Å². The summed E-state index contributed by atoms with van der Waals surface area (Å²) >= 11 is 0. The minimum Gasteiger partial charge on any atom is -0.312 e. The summed E-state index contributed by atoms with van der Waals surface area (Å²) < 4.78 is 0. The molecule has 3 aliphatic rings. The molecular weight excluding hydrogens is 208 g/mol. The molecule has 1 saturated heterocycles. The second-order valence-corrected chi connectivity index (χ2v) is 6.48. The van der Waals surface area contributed by atoms with Gasteiger partial charge in [0.2, 0.25) is 0 Å². The minimum atomic E-state index is 0.759. The van der Waals surface area contributed by atoms with Crippen molar-refractivity contribution in [2.75, 3.05) is 6.54 Å². The molecule has 1 aliphatic heterocycles. The Morgan fingerprint density at radius 3 is 2.47 bits per heavy atom. The molecule has 0 radical (unpaired) electrons. The topological polar surface area (TPSA) is 24.1 Å². The summed E-state index contributed by atoms with van der Waals surface area (Å²) in [5, 5.41) is 7.70. The van der Waals surface area contributed by atoms with Crippen LogP contribution < -0.4 is 10.6 Å². The number of hydrogen-bond acceptors (Lipinski definition) is 2. The van der Waals surface area contributed by atoms with E-state index in [1.54, 1.807) is 0 Å². The SMILES string of the molecule is C1CCC(NCC2CCC3CCCCC3N2)C1. The Kier molecular flexibility index (Phi) is 4.02. The van der Waals surface area contributed by atoms with Gasteiger partial charge in [0, 0.05) is 24.7 Å². The Morgan fingerprint density at radius 1 is 0.824 bits per heavy atom. The predicted molar refractivity (Wildman–Crippen MR) is 72.2 cm³/mol. The lowest BCUT2D eigenvalue weighted by molar-refractivity contribution is 0.172. The van der Waals surface area contributed by atoms with Crippen molar-refractivity contribution in [3.05, 3.63) is 0 Å². The van der Waals surface area contributed by atoms with E-state index in [1.165, 1.54) is 70.8 Å². The molecule has 17 heavy (non-hydrogen) atoms. The first-order chi connectivity index (χ1) is 8.42. The molecule has 2 N–H and O–H groups in total. The quantitative estimate of drug-likeness (QED) is 0.787. The highest BCUT2D eigenvalue weighted by Crippen LogP contribution is 2.32. The van der Waals surface area contributed by atoms with E-state index < -0.39 is 0 Å². The summed E-state index contributed by atoms with van der Waals surface area (Å²) in [6.07, 6.45) is 14.5. The van der Waals surface area contributed by atoms with Crippen LogP contribution in [0.25, 0.3) is 0 Å². The summed E-state index contributed by atoms with van der Waals surface area (Å²) in [6.45, 7) is 1.22. The monoisotopic (exact) mass is 236 g/mol. The van der Waals surface area contributed by atoms with Crippen molar-refractivity contribution in [2.45, 2.75) is 82.3 Å². The number of rotatable bonds is 3. The number of piperidine rings is 1. The number of nitrogens with one attached hydrogen (secondary N) is 2. The van der Waals surface area contributed by atoms with Gasteiger partial charge < -0.3 is 10.6 Å². The molecule has 0 spiro atoms. The van der Waals surface area contributed by atoms with Crippen molar-refractivity contribution in [3.63, 3.8) is 0 Å². The van der Waals surface area contributed by atoms with Gasteiger partial charge in [0.25, 0.3) is 0 Å². The van der Waals surface area contributed by atoms with Crippen LogP contribution in [-0.4, -0.2) is 24.7 Å². The van der Waals surface area contributed by atoms with E-state index in [2.05, 4.69) is 10.6 Å². The van der Waals surface area contributed by atoms with Crippen LogP contribution in [-0.2, 0) is 0 Å². The van der Waals surface area contributed by atoms with Crippen LogP contribution in [0.15, 0.2) is 0 Å². The van der Waals surface area contributed by atoms with Gasteiger partial charge in [-0.25, -0.2) is 0 Å². The van der Waals surface area contributed by atoms with Crippen LogP contribution in [0.5, 0.6) is 0 Å². The van der Waals surface area contributed by atoms with Gasteiger partial charge in [0.1, 0.15) is 0 Å². The first kappa shape index (κ1) is 12.0. The molecule has 2 heteroatoms. The van der Waals surface area contributed by atoms with Crippen LogP contribution in [0.3, 0.4) is 0 Å². The Labute approximate surface area is 106 Å². The van der Waals surface area contributed by atoms with E-state index in [0.717, 1.165) is 24.0 Å². The normalized spacial score (nSPS) is 39.2. The lowest BCUT2D eigenvalue weighted by Gasteiger charge is -2.41. The van der Waals surface area contributed by atoms with E-state index in [-0.39, 0.29) is 0 Å². The van der Waals surface area contributed by atoms with Crippen LogP contribution in [0.2, 0.25) is 0 Å². The van der Waals surface area contributed by atoms with E-state index in [9.17, 15) is 0 Å². The minimum absolute atomic E-state index is 0.759. The maximum Gasteiger partial charge on any atom is 0.0195 e. The van der Waals surface area contributed by atoms with Crippen molar-refractivity contribution in [1.29, 1.82) is 0 Å². The van der Waals surface area contributed by atoms with Crippen molar-refractivity contribution >= 4 is 0 Å². The summed E-state index contributed by atoms with van der Waals surface area (Å²) in [5.74, 6) is 1.01. The zero-order chi connectivity index (χ0) is 11.5. The van der Waals surface area contributed by atoms with Gasteiger partial charge in [-0.2, -0.15) is 0 Å². The lowest BCUT2D eigenvalue weighted by Crippen LogP contribution is -2.53. The van der Waals surface area contributed by atoms with E-state index in [0.29, 0.717) is 0 Å². The average Bonchev–Trinajstić information content (AvgIpc) is 2.89. The molecule has 3 unspecified atom stereocenters. The highest BCUT2D eigenvalue weighted by Gasteiger charge is 2.31. The molecule has 0 aromatic rings. The van der Waals surface area contributed by atoms with Crippen molar-refractivity contribution < 1.29 is 0 Å². The first-order valence-corrected chi connectivity index (χ1v) is 7.91. The molecule has 3 atom stereocenters. The second-order valence-electron chi connectivity index (χ2n) is 6.48. The molecule has 0 aromatic carbocycles. The molecule has 0 bridgehead atoms. The Morgan fingerprint density at radius 2 is 1.59 bits per heavy atom. The van der Waals surface area contributed by atoms with Gasteiger partial charge in [-0.15, -0.1) is 0 Å². The van der Waals surface area contributed by atoms with Crippen LogP contribution in [0, 0.1) is 5.92 Å². The van der Waals surface area contributed by atoms with E-state index in [1.807, 2.05) is 0 Å². The fourth-order valence-corrected chi connectivity index (χ4v) is 4.17. The maximum atomic E-state index is 3.92. The summed E-state index contributed by atoms with van der Waals surface area (Å²) in [7, 11) is 0. The molecule has 3 fully saturated rings. The van der Waals surface area contributed by atoms with Gasteiger partial charge in [0.15, 0.2) is 0 Å². The maximum absolute atomic E-state index is 3.92. The number of fused-ring (bicyclic) bond motifs is 1. The van der Waals surface area contributed by atoms with Gasteiger partial charge in [-0.05, 0) is 44.4 Å². The van der Waals surface area contributed by atoms with Crippen LogP contribution in [0.1, 0.15) is 64.2 Å². The molecule has 0 aromatic heterocycles. The Bertz CT molecular complexity index is 235. The van der Waals surface area contributed by atoms with Crippen LogP contribution >= 0.6 is 0 Å². The molecule has 2 aliphatic carbocycles. The second kappa shape index (κ2) is 5.71. The van der Waals surface area contributed by atoms with Crippen molar-refractivity contribution in [3.8, 4) is 0 Å². The summed E-state index contributed by atoms with van der Waals surface area (Å²) in [5.41, 5.74) is 0. The molecule has 98 valence electrons. The third-order valence-electron chi connectivity index (χ3n) is 5.25. The van der Waals surface area contributed by atoms with Gasteiger partial charge in [-0.1, -0.05) is 25.7 Å². The standard InChI is InChI=1S/C15H28N2/c1-4-8-15-12(5-1)9-10-14(17-15)11-16-13-6-2-3-7-13/h12-17H,1-11H2. The molecule has 2 saturated carbocycles.